The number of nitrogens with zero attached hydrogens (tertiary/aromatic N) is 2. The van der Waals surface area contributed by atoms with Crippen molar-refractivity contribution in [3.05, 3.63) is 70.9 Å². The van der Waals surface area contributed by atoms with Gasteiger partial charge in [-0.05, 0) is 47.7 Å². The first-order valence-corrected chi connectivity index (χ1v) is 8.27. The molecular formula is C19H20N4O. The zero-order valence-electron chi connectivity index (χ0n) is 13.4. The number of hydrogen-bond acceptors (Lipinski definition) is 4. The molecule has 0 aliphatic carbocycles. The Kier molecular flexibility index (Phi) is 4.01. The Morgan fingerprint density at radius 3 is 3.12 bits per heavy atom. The van der Waals surface area contributed by atoms with Gasteiger partial charge in [0.05, 0.1) is 0 Å². The van der Waals surface area contributed by atoms with Crippen LogP contribution in [0.3, 0.4) is 0 Å². The van der Waals surface area contributed by atoms with Gasteiger partial charge in [0.25, 0.3) is 5.56 Å². The number of likely N-dealkylation sites (tertiary alicyclic amines) is 1. The van der Waals surface area contributed by atoms with Crippen LogP contribution in [0, 0.1) is 0 Å². The number of fused-ring (bicyclic) bond motifs is 1. The van der Waals surface area contributed by atoms with Crippen molar-refractivity contribution in [1.29, 1.82) is 0 Å². The molecule has 3 heterocycles. The molecule has 2 aromatic heterocycles. The summed E-state index contributed by atoms with van der Waals surface area (Å²) >= 11 is 0. The van der Waals surface area contributed by atoms with Crippen molar-refractivity contribution < 1.29 is 0 Å². The van der Waals surface area contributed by atoms with E-state index < -0.39 is 0 Å². The zero-order chi connectivity index (χ0) is 16.4. The summed E-state index contributed by atoms with van der Waals surface area (Å²) in [5.41, 5.74) is 2.28. The van der Waals surface area contributed by atoms with Crippen LogP contribution in [-0.4, -0.2) is 34.0 Å². The van der Waals surface area contributed by atoms with Gasteiger partial charge in [-0.3, -0.25) is 14.7 Å². The fraction of sp³-hybridized carbons (Fsp3) is 0.263. The largest absolute Gasteiger partial charge is 0.381 e. The van der Waals surface area contributed by atoms with Crippen LogP contribution in [0.25, 0.3) is 10.8 Å². The van der Waals surface area contributed by atoms with Gasteiger partial charge >= 0.3 is 0 Å². The van der Waals surface area contributed by atoms with Crippen molar-refractivity contribution in [3.63, 3.8) is 0 Å². The summed E-state index contributed by atoms with van der Waals surface area (Å²) in [6.07, 6.45) is 6.55. The summed E-state index contributed by atoms with van der Waals surface area (Å²) in [5.74, 6) is 0. The molecule has 1 atom stereocenters. The summed E-state index contributed by atoms with van der Waals surface area (Å²) in [6.45, 7) is 3.04. The van der Waals surface area contributed by atoms with Crippen molar-refractivity contribution in [3.8, 4) is 0 Å². The molecule has 1 aromatic carbocycles. The minimum absolute atomic E-state index is 0.0393. The predicted molar refractivity (Wildman–Crippen MR) is 96.1 cm³/mol. The first-order valence-electron chi connectivity index (χ1n) is 8.27. The summed E-state index contributed by atoms with van der Waals surface area (Å²) < 4.78 is 0. The Labute approximate surface area is 140 Å². The van der Waals surface area contributed by atoms with Gasteiger partial charge in [0.1, 0.15) is 0 Å². The molecule has 1 aliphatic rings. The van der Waals surface area contributed by atoms with Gasteiger partial charge in [-0.15, -0.1) is 0 Å². The lowest BCUT2D eigenvalue weighted by molar-refractivity contribution is 0.328. The molecule has 0 amide bonds. The van der Waals surface area contributed by atoms with Gasteiger partial charge in [0.15, 0.2) is 0 Å². The summed E-state index contributed by atoms with van der Waals surface area (Å²) in [7, 11) is 0. The smallest absolute Gasteiger partial charge is 0.255 e. The highest BCUT2D eigenvalue weighted by molar-refractivity contribution is 5.84. The predicted octanol–water partition coefficient (Wildman–Crippen LogP) is 2.61. The third kappa shape index (κ3) is 3.16. The lowest BCUT2D eigenvalue weighted by Crippen LogP contribution is -2.26. The average molecular weight is 320 g/mol. The van der Waals surface area contributed by atoms with Crippen LogP contribution >= 0.6 is 0 Å². The van der Waals surface area contributed by atoms with E-state index in [0.29, 0.717) is 6.04 Å². The minimum Gasteiger partial charge on any atom is -0.381 e. The molecule has 5 heteroatoms. The number of hydrogen-bond donors (Lipinski definition) is 2. The van der Waals surface area contributed by atoms with Crippen LogP contribution in [0.2, 0.25) is 0 Å². The number of H-pyrrole nitrogens is 1. The maximum Gasteiger partial charge on any atom is 0.255 e. The van der Waals surface area contributed by atoms with Crippen LogP contribution in [0.15, 0.2) is 59.8 Å². The molecule has 2 N–H and O–H groups in total. The lowest BCUT2D eigenvalue weighted by Gasteiger charge is -2.17. The topological polar surface area (TPSA) is 61.0 Å². The van der Waals surface area contributed by atoms with E-state index in [0.717, 1.165) is 42.5 Å². The molecule has 3 aromatic rings. The first kappa shape index (κ1) is 14.9. The molecule has 1 fully saturated rings. The van der Waals surface area contributed by atoms with E-state index in [1.54, 1.807) is 6.20 Å². The van der Waals surface area contributed by atoms with Crippen molar-refractivity contribution in [2.45, 2.75) is 19.0 Å². The number of aromatic nitrogens is 2. The third-order valence-electron chi connectivity index (χ3n) is 4.55. The standard InChI is InChI=1S/C19H20N4O/c24-19-18-4-3-16(10-15(18)5-8-21-19)22-17-6-9-23(13-17)12-14-2-1-7-20-11-14/h1-5,7-8,10-11,17,22H,6,9,12-13H2,(H,21,24). The van der Waals surface area contributed by atoms with Crippen LogP contribution < -0.4 is 10.9 Å². The first-order chi connectivity index (χ1) is 11.8. The zero-order valence-corrected chi connectivity index (χ0v) is 13.4. The Hall–Kier alpha value is -2.66. The summed E-state index contributed by atoms with van der Waals surface area (Å²) in [6, 6.07) is 12.4. The Balaban J connectivity index is 1.42. The number of aromatic amines is 1. The number of rotatable bonds is 4. The maximum absolute atomic E-state index is 11.8. The van der Waals surface area contributed by atoms with Crippen LogP contribution in [0.5, 0.6) is 0 Å². The molecule has 1 aliphatic heterocycles. The van der Waals surface area contributed by atoms with Gasteiger partial charge < -0.3 is 10.3 Å². The second-order valence-corrected chi connectivity index (χ2v) is 6.34. The highest BCUT2D eigenvalue weighted by Gasteiger charge is 2.22. The van der Waals surface area contributed by atoms with Crippen LogP contribution in [0.1, 0.15) is 12.0 Å². The fourth-order valence-corrected chi connectivity index (χ4v) is 3.36. The molecule has 0 bridgehead atoms. The van der Waals surface area contributed by atoms with Crippen LogP contribution in [-0.2, 0) is 6.54 Å². The van der Waals surface area contributed by atoms with E-state index in [1.165, 1.54) is 5.56 Å². The molecule has 5 nitrogen and oxygen atoms in total. The van der Waals surface area contributed by atoms with Crippen LogP contribution in [0.4, 0.5) is 5.69 Å². The van der Waals surface area contributed by atoms with E-state index in [9.17, 15) is 4.79 Å². The average Bonchev–Trinajstić information content (AvgIpc) is 3.03. The van der Waals surface area contributed by atoms with Crippen molar-refractivity contribution in [2.24, 2.45) is 0 Å². The minimum atomic E-state index is -0.0393. The normalized spacial score (nSPS) is 18.1. The van der Waals surface area contributed by atoms with Gasteiger partial charge in [-0.25, -0.2) is 0 Å². The molecule has 122 valence electrons. The third-order valence-corrected chi connectivity index (χ3v) is 4.55. The van der Waals surface area contributed by atoms with Gasteiger partial charge in [0.2, 0.25) is 0 Å². The quantitative estimate of drug-likeness (QED) is 0.776. The van der Waals surface area contributed by atoms with Gasteiger partial charge in [-0.2, -0.15) is 0 Å². The fourth-order valence-electron chi connectivity index (χ4n) is 3.36. The van der Waals surface area contributed by atoms with E-state index in [2.05, 4.69) is 26.3 Å². The van der Waals surface area contributed by atoms with E-state index in [4.69, 9.17) is 0 Å². The molecule has 4 rings (SSSR count). The molecule has 0 saturated carbocycles. The molecule has 1 unspecified atom stereocenters. The maximum atomic E-state index is 11.8. The Morgan fingerprint density at radius 1 is 1.29 bits per heavy atom. The molecule has 1 saturated heterocycles. The summed E-state index contributed by atoms with van der Waals surface area (Å²) in [4.78, 5) is 21.1. The van der Waals surface area contributed by atoms with Gasteiger partial charge in [0, 0.05) is 55.3 Å². The summed E-state index contributed by atoms with van der Waals surface area (Å²) in [5, 5.41) is 5.29. The highest BCUT2D eigenvalue weighted by atomic mass is 16.1. The molecule has 0 spiro atoms. The second-order valence-electron chi connectivity index (χ2n) is 6.34. The Morgan fingerprint density at radius 2 is 2.25 bits per heavy atom. The lowest BCUT2D eigenvalue weighted by atomic mass is 10.1. The highest BCUT2D eigenvalue weighted by Crippen LogP contribution is 2.20. The van der Waals surface area contributed by atoms with Crippen molar-refractivity contribution >= 4 is 16.5 Å². The van der Waals surface area contributed by atoms with Crippen molar-refractivity contribution in [1.82, 2.24) is 14.9 Å². The monoisotopic (exact) mass is 320 g/mol. The second kappa shape index (κ2) is 6.45. The number of pyridine rings is 2. The van der Waals surface area contributed by atoms with E-state index in [-0.39, 0.29) is 5.56 Å². The van der Waals surface area contributed by atoms with Gasteiger partial charge in [-0.1, -0.05) is 6.07 Å². The van der Waals surface area contributed by atoms with E-state index in [1.807, 2.05) is 42.7 Å². The number of nitrogens with one attached hydrogen (secondary N) is 2. The van der Waals surface area contributed by atoms with Crippen molar-refractivity contribution in [2.75, 3.05) is 18.4 Å². The Bertz CT molecular complexity index is 891. The van der Waals surface area contributed by atoms with E-state index >= 15 is 0 Å². The molecular weight excluding hydrogens is 300 g/mol. The molecule has 24 heavy (non-hydrogen) atoms. The SMILES string of the molecule is O=c1[nH]ccc2cc(NC3CCN(Cc4cccnc4)C3)ccc12. The number of anilines is 1. The number of benzene rings is 1. The molecule has 0 radical (unpaired) electrons.